The van der Waals surface area contributed by atoms with Crippen LogP contribution in [0.5, 0.6) is 5.75 Å². The van der Waals surface area contributed by atoms with Crippen molar-refractivity contribution < 1.29 is 9.53 Å². The van der Waals surface area contributed by atoms with E-state index in [2.05, 4.69) is 16.4 Å². The molecule has 0 saturated carbocycles. The molecule has 0 aliphatic heterocycles. The third-order valence-corrected chi connectivity index (χ3v) is 5.72. The molecule has 0 saturated heterocycles. The average Bonchev–Trinajstić information content (AvgIpc) is 3.22. The van der Waals surface area contributed by atoms with Crippen LogP contribution in [0.2, 0.25) is 5.02 Å². The molecule has 0 unspecified atom stereocenters. The molecule has 0 spiro atoms. The molecule has 4 nitrogen and oxygen atoms in total. The summed E-state index contributed by atoms with van der Waals surface area (Å²) in [5.74, 6) is 0.509. The normalized spacial score (nSPS) is 10.7. The highest BCUT2D eigenvalue weighted by molar-refractivity contribution is 7.15. The zero-order chi connectivity index (χ0) is 17.8. The van der Waals surface area contributed by atoms with E-state index in [1.54, 1.807) is 48.0 Å². The molecule has 3 rings (SSSR count). The van der Waals surface area contributed by atoms with Crippen LogP contribution in [0.15, 0.2) is 35.7 Å². The molecule has 1 aromatic carbocycles. The Hall–Kier alpha value is -1.89. The molecule has 0 fully saturated rings. The van der Waals surface area contributed by atoms with Crippen molar-refractivity contribution in [2.75, 3.05) is 12.4 Å². The van der Waals surface area contributed by atoms with Crippen LogP contribution in [0, 0.1) is 6.92 Å². The fourth-order valence-corrected chi connectivity index (χ4v) is 4.39. The Balaban J connectivity index is 1.69. The van der Waals surface area contributed by atoms with E-state index in [-0.39, 0.29) is 5.91 Å². The number of nitrogens with zero attached hydrogens (tertiary/aromatic N) is 1. The second-order valence-electron chi connectivity index (χ2n) is 5.37. The predicted octanol–water partition coefficient (Wildman–Crippen LogP) is 5.41. The van der Waals surface area contributed by atoms with Gasteiger partial charge in [0.2, 0.25) is 5.91 Å². The fourth-order valence-electron chi connectivity index (χ4n) is 2.46. The number of thiazole rings is 1. The van der Waals surface area contributed by atoms with E-state index in [0.717, 1.165) is 20.5 Å². The van der Waals surface area contributed by atoms with Crippen molar-refractivity contribution >= 4 is 45.9 Å². The maximum absolute atomic E-state index is 12.3. The van der Waals surface area contributed by atoms with Gasteiger partial charge in [-0.25, -0.2) is 4.98 Å². The van der Waals surface area contributed by atoms with Gasteiger partial charge in [-0.1, -0.05) is 17.7 Å². The fraction of sp³-hybridized carbons (Fsp3) is 0.222. The second kappa shape index (κ2) is 7.99. The lowest BCUT2D eigenvalue weighted by molar-refractivity contribution is -0.116. The van der Waals surface area contributed by atoms with Crippen LogP contribution in [-0.4, -0.2) is 18.0 Å². The molecule has 3 aromatic rings. The van der Waals surface area contributed by atoms with Gasteiger partial charge >= 0.3 is 0 Å². The Kier molecular flexibility index (Phi) is 5.73. The summed E-state index contributed by atoms with van der Waals surface area (Å²) < 4.78 is 5.26. The Morgan fingerprint density at radius 3 is 2.92 bits per heavy atom. The number of carbonyl (C=O) groups is 1. The topological polar surface area (TPSA) is 51.2 Å². The number of benzene rings is 1. The van der Waals surface area contributed by atoms with Gasteiger partial charge in [-0.2, -0.15) is 0 Å². The number of hydrogen-bond donors (Lipinski definition) is 1. The summed E-state index contributed by atoms with van der Waals surface area (Å²) in [6, 6.07) is 9.21. The molecule has 1 amide bonds. The van der Waals surface area contributed by atoms with Crippen LogP contribution >= 0.6 is 34.3 Å². The van der Waals surface area contributed by atoms with Crippen LogP contribution in [-0.2, 0) is 11.2 Å². The number of ether oxygens (including phenoxy) is 1. The number of carbonyl (C=O) groups excluding carboxylic acids is 1. The maximum Gasteiger partial charge on any atom is 0.224 e. The number of aryl methyl sites for hydroxylation is 2. The number of aromatic nitrogens is 1. The van der Waals surface area contributed by atoms with Crippen LogP contribution in [0.4, 0.5) is 5.69 Å². The summed E-state index contributed by atoms with van der Waals surface area (Å²) in [7, 11) is 1.56. The van der Waals surface area contributed by atoms with Crippen LogP contribution in [0.1, 0.15) is 16.3 Å². The van der Waals surface area contributed by atoms with Gasteiger partial charge in [-0.15, -0.1) is 22.7 Å². The van der Waals surface area contributed by atoms with E-state index in [0.29, 0.717) is 29.3 Å². The molecule has 130 valence electrons. The minimum Gasteiger partial charge on any atom is -0.495 e. The quantitative estimate of drug-likeness (QED) is 0.609. The molecule has 0 aliphatic rings. The molecule has 1 N–H and O–H groups in total. The SMILES string of the molecule is COc1ccc(Cl)cc1NC(=O)CCc1sc(C)nc1-c1cccs1. The standard InChI is InChI=1S/C18H17ClN2O2S2/c1-11-20-18(15-4-3-9-24-15)16(25-11)7-8-17(22)21-13-10-12(19)5-6-14(13)23-2/h3-6,9-10H,7-8H2,1-2H3,(H,21,22). The van der Waals surface area contributed by atoms with Crippen molar-refractivity contribution in [3.63, 3.8) is 0 Å². The highest BCUT2D eigenvalue weighted by atomic mass is 35.5. The smallest absolute Gasteiger partial charge is 0.224 e. The lowest BCUT2D eigenvalue weighted by Gasteiger charge is -2.10. The minimum atomic E-state index is -0.0799. The summed E-state index contributed by atoms with van der Waals surface area (Å²) in [4.78, 5) is 19.2. The summed E-state index contributed by atoms with van der Waals surface area (Å²) in [6.45, 7) is 1.99. The molecular formula is C18H17ClN2O2S2. The number of amides is 1. The lowest BCUT2D eigenvalue weighted by Crippen LogP contribution is -2.13. The Morgan fingerprint density at radius 1 is 1.36 bits per heavy atom. The third-order valence-electron chi connectivity index (χ3n) is 3.57. The van der Waals surface area contributed by atoms with Crippen molar-refractivity contribution in [2.24, 2.45) is 0 Å². The van der Waals surface area contributed by atoms with Gasteiger partial charge in [0.1, 0.15) is 5.75 Å². The Labute approximate surface area is 159 Å². The first-order valence-corrected chi connectivity index (χ1v) is 9.78. The van der Waals surface area contributed by atoms with Crippen molar-refractivity contribution in [3.05, 3.63) is 50.6 Å². The molecule has 2 aromatic heterocycles. The lowest BCUT2D eigenvalue weighted by atomic mass is 10.2. The van der Waals surface area contributed by atoms with Gasteiger partial charge in [0.15, 0.2) is 0 Å². The van der Waals surface area contributed by atoms with Crippen molar-refractivity contribution in [2.45, 2.75) is 19.8 Å². The largest absolute Gasteiger partial charge is 0.495 e. The van der Waals surface area contributed by atoms with Crippen LogP contribution < -0.4 is 10.1 Å². The summed E-state index contributed by atoms with van der Waals surface area (Å²) >= 11 is 9.30. The molecule has 2 heterocycles. The molecule has 0 aliphatic carbocycles. The van der Waals surface area contributed by atoms with Crippen molar-refractivity contribution in [1.29, 1.82) is 0 Å². The number of nitrogens with one attached hydrogen (secondary N) is 1. The molecule has 7 heteroatoms. The zero-order valence-electron chi connectivity index (χ0n) is 13.8. The summed E-state index contributed by atoms with van der Waals surface area (Å²) in [5, 5.41) is 6.47. The van der Waals surface area contributed by atoms with Gasteiger partial charge in [-0.05, 0) is 43.0 Å². The number of anilines is 1. The maximum atomic E-state index is 12.3. The molecular weight excluding hydrogens is 376 g/mol. The van der Waals surface area contributed by atoms with Gasteiger partial charge in [0.25, 0.3) is 0 Å². The van der Waals surface area contributed by atoms with Crippen LogP contribution in [0.3, 0.4) is 0 Å². The molecule has 0 radical (unpaired) electrons. The zero-order valence-corrected chi connectivity index (χ0v) is 16.2. The summed E-state index contributed by atoms with van der Waals surface area (Å²) in [5.41, 5.74) is 1.57. The highest BCUT2D eigenvalue weighted by Gasteiger charge is 2.14. The number of rotatable bonds is 6. The first-order chi connectivity index (χ1) is 12.1. The number of hydrogen-bond acceptors (Lipinski definition) is 5. The predicted molar refractivity (Wildman–Crippen MR) is 105 cm³/mol. The van der Waals surface area contributed by atoms with Crippen molar-refractivity contribution in [1.82, 2.24) is 4.98 Å². The first kappa shape index (κ1) is 17.9. The Morgan fingerprint density at radius 2 is 2.20 bits per heavy atom. The number of methoxy groups -OCH3 is 1. The second-order valence-corrected chi connectivity index (χ2v) is 8.05. The number of thiophene rings is 1. The van der Waals surface area contributed by atoms with E-state index < -0.39 is 0 Å². The Bertz CT molecular complexity index is 875. The molecule has 0 bridgehead atoms. The average molecular weight is 393 g/mol. The minimum absolute atomic E-state index is 0.0799. The van der Waals surface area contributed by atoms with Gasteiger partial charge in [0.05, 0.1) is 28.4 Å². The van der Waals surface area contributed by atoms with Gasteiger partial charge in [-0.3, -0.25) is 4.79 Å². The molecule has 0 atom stereocenters. The van der Waals surface area contributed by atoms with E-state index in [1.165, 1.54) is 0 Å². The molecule has 25 heavy (non-hydrogen) atoms. The van der Waals surface area contributed by atoms with E-state index >= 15 is 0 Å². The number of halogens is 1. The van der Waals surface area contributed by atoms with Gasteiger partial charge in [0, 0.05) is 16.3 Å². The third kappa shape index (κ3) is 4.39. The van der Waals surface area contributed by atoms with Gasteiger partial charge < -0.3 is 10.1 Å². The first-order valence-electron chi connectivity index (χ1n) is 7.70. The van der Waals surface area contributed by atoms with E-state index in [1.807, 2.05) is 18.4 Å². The van der Waals surface area contributed by atoms with E-state index in [4.69, 9.17) is 16.3 Å². The van der Waals surface area contributed by atoms with E-state index in [9.17, 15) is 4.79 Å². The van der Waals surface area contributed by atoms with Crippen molar-refractivity contribution in [3.8, 4) is 16.3 Å². The monoisotopic (exact) mass is 392 g/mol. The van der Waals surface area contributed by atoms with Crippen LogP contribution in [0.25, 0.3) is 10.6 Å². The summed E-state index contributed by atoms with van der Waals surface area (Å²) in [6.07, 6.45) is 1.02. The highest BCUT2D eigenvalue weighted by Crippen LogP contribution is 2.32.